The van der Waals surface area contributed by atoms with E-state index in [1.165, 1.54) is 30.0 Å². The van der Waals surface area contributed by atoms with Gasteiger partial charge >= 0.3 is 0 Å². The molecule has 3 rings (SSSR count). The Labute approximate surface area is 189 Å². The molecule has 11 heteroatoms. The smallest absolute Gasteiger partial charge is 0.240 e. The summed E-state index contributed by atoms with van der Waals surface area (Å²) in [4.78, 5) is -0.138. The number of halogens is 2. The van der Waals surface area contributed by atoms with Gasteiger partial charge in [-0.15, -0.1) is 10.2 Å². The summed E-state index contributed by atoms with van der Waals surface area (Å²) in [5, 5.41) is 9.49. The first-order chi connectivity index (χ1) is 14.8. The highest BCUT2D eigenvalue weighted by molar-refractivity contribution is 7.99. The van der Waals surface area contributed by atoms with Gasteiger partial charge in [-0.3, -0.25) is 4.57 Å². The minimum atomic E-state index is -3.85. The molecule has 0 spiro atoms. The maximum Gasteiger partial charge on any atom is 0.240 e. The molecule has 0 fully saturated rings. The number of sulfonamides is 1. The summed E-state index contributed by atoms with van der Waals surface area (Å²) in [6.07, 6.45) is 0.260. The normalized spacial score (nSPS) is 11.5. The van der Waals surface area contributed by atoms with Crippen molar-refractivity contribution in [3.8, 4) is 11.4 Å². The fourth-order valence-electron chi connectivity index (χ4n) is 2.70. The Morgan fingerprint density at radius 2 is 2.00 bits per heavy atom. The molecule has 0 aliphatic carbocycles. The van der Waals surface area contributed by atoms with Crippen molar-refractivity contribution in [3.63, 3.8) is 0 Å². The minimum absolute atomic E-state index is 0.0556. The molecule has 1 heterocycles. The lowest BCUT2D eigenvalue weighted by Gasteiger charge is -2.11. The molecule has 1 N–H and O–H groups in total. The number of nitrogens with one attached hydrogen (secondary N) is 1. The van der Waals surface area contributed by atoms with E-state index in [1.54, 1.807) is 19.2 Å². The topological polar surface area (TPSA) is 86.1 Å². The van der Waals surface area contributed by atoms with Gasteiger partial charge in [-0.1, -0.05) is 36.0 Å². The highest BCUT2D eigenvalue weighted by atomic mass is 35.5. The van der Waals surface area contributed by atoms with Gasteiger partial charge in [0.2, 0.25) is 10.0 Å². The molecule has 0 saturated carbocycles. The molecule has 0 atom stereocenters. The lowest BCUT2D eigenvalue weighted by Crippen LogP contribution is -2.26. The van der Waals surface area contributed by atoms with Crippen molar-refractivity contribution in [1.29, 1.82) is 0 Å². The second kappa shape index (κ2) is 10.3. The van der Waals surface area contributed by atoms with Gasteiger partial charge in [-0.25, -0.2) is 17.5 Å². The van der Waals surface area contributed by atoms with Crippen LogP contribution in [-0.4, -0.2) is 42.6 Å². The van der Waals surface area contributed by atoms with E-state index < -0.39 is 15.8 Å². The molecule has 0 aliphatic rings. The number of hydrogen-bond donors (Lipinski definition) is 1. The number of rotatable bonds is 10. The van der Waals surface area contributed by atoms with Crippen LogP contribution in [0.1, 0.15) is 5.82 Å². The maximum absolute atomic E-state index is 13.4. The third-order valence-corrected chi connectivity index (χ3v) is 6.90. The Morgan fingerprint density at radius 3 is 2.65 bits per heavy atom. The van der Waals surface area contributed by atoms with Gasteiger partial charge < -0.3 is 4.74 Å². The van der Waals surface area contributed by atoms with E-state index in [1.807, 2.05) is 16.7 Å². The van der Waals surface area contributed by atoms with Crippen LogP contribution in [0.5, 0.6) is 5.75 Å². The number of methoxy groups -OCH3 is 1. The van der Waals surface area contributed by atoms with Crippen molar-refractivity contribution in [3.05, 3.63) is 71.8 Å². The molecular weight excluding hydrogens is 463 g/mol. The van der Waals surface area contributed by atoms with Gasteiger partial charge in [0, 0.05) is 29.4 Å². The summed E-state index contributed by atoms with van der Waals surface area (Å²) < 4.78 is 47.7. The SMILES string of the molecule is C=C(Cl)CSc1nnc(CCNS(=O)(=O)c2cccc(F)c2)n1-c1ccc(OC)cc1. The van der Waals surface area contributed by atoms with Crippen molar-refractivity contribution < 1.29 is 17.5 Å². The van der Waals surface area contributed by atoms with Gasteiger partial charge in [0.05, 0.1) is 12.0 Å². The van der Waals surface area contributed by atoms with Crippen LogP contribution < -0.4 is 9.46 Å². The second-order valence-corrected chi connectivity index (χ2v) is 9.59. The Morgan fingerprint density at radius 1 is 1.26 bits per heavy atom. The summed E-state index contributed by atoms with van der Waals surface area (Å²) in [5.74, 6) is 1.08. The minimum Gasteiger partial charge on any atom is -0.497 e. The molecule has 31 heavy (non-hydrogen) atoms. The molecule has 7 nitrogen and oxygen atoms in total. The van der Waals surface area contributed by atoms with E-state index in [0.29, 0.717) is 27.5 Å². The second-order valence-electron chi connectivity index (χ2n) is 6.34. The first kappa shape index (κ1) is 23.3. The Hall–Kier alpha value is -2.40. The van der Waals surface area contributed by atoms with Crippen LogP contribution in [0.2, 0.25) is 0 Å². The Balaban J connectivity index is 1.80. The van der Waals surface area contributed by atoms with Crippen LogP contribution in [-0.2, 0) is 16.4 Å². The molecular formula is C20H20ClFN4O3S2. The average Bonchev–Trinajstić information content (AvgIpc) is 3.15. The molecule has 3 aromatic rings. The Bertz CT molecular complexity index is 1170. The number of nitrogens with zero attached hydrogens (tertiary/aromatic N) is 3. The van der Waals surface area contributed by atoms with Gasteiger partial charge in [0.15, 0.2) is 5.16 Å². The van der Waals surface area contributed by atoms with E-state index in [9.17, 15) is 12.8 Å². The van der Waals surface area contributed by atoms with Crippen molar-refractivity contribution in [2.24, 2.45) is 0 Å². The van der Waals surface area contributed by atoms with Crippen LogP contribution in [0.4, 0.5) is 4.39 Å². The average molecular weight is 483 g/mol. The number of benzene rings is 2. The number of thioether (sulfide) groups is 1. The quantitative estimate of drug-likeness (QED) is 0.442. The van der Waals surface area contributed by atoms with Crippen LogP contribution in [0.25, 0.3) is 5.69 Å². The van der Waals surface area contributed by atoms with Gasteiger partial charge in [0.1, 0.15) is 17.4 Å². The maximum atomic E-state index is 13.4. The van der Waals surface area contributed by atoms with E-state index >= 15 is 0 Å². The number of hydrogen-bond acceptors (Lipinski definition) is 6. The van der Waals surface area contributed by atoms with E-state index in [-0.39, 0.29) is 17.9 Å². The predicted molar refractivity (Wildman–Crippen MR) is 119 cm³/mol. The summed E-state index contributed by atoms with van der Waals surface area (Å²) in [7, 11) is -2.27. The van der Waals surface area contributed by atoms with Crippen molar-refractivity contribution in [1.82, 2.24) is 19.5 Å². The van der Waals surface area contributed by atoms with Crippen molar-refractivity contribution in [2.75, 3.05) is 19.4 Å². The van der Waals surface area contributed by atoms with E-state index in [0.717, 1.165) is 11.8 Å². The lowest BCUT2D eigenvalue weighted by molar-refractivity contribution is 0.414. The standard InChI is InChI=1S/C20H20ClFN4O3S2/c1-14(21)13-30-20-25-24-19(26(20)16-6-8-17(29-2)9-7-16)10-11-23-31(27,28)18-5-3-4-15(22)12-18/h3-9,12,23H,1,10-11,13H2,2H3. The molecule has 0 unspecified atom stereocenters. The summed E-state index contributed by atoms with van der Waals surface area (Å²) in [5.41, 5.74) is 0.788. The monoisotopic (exact) mass is 482 g/mol. The molecule has 0 amide bonds. The molecule has 2 aromatic carbocycles. The van der Waals surface area contributed by atoms with Crippen LogP contribution in [0.15, 0.2) is 70.2 Å². The summed E-state index contributed by atoms with van der Waals surface area (Å²) in [6.45, 7) is 3.74. The molecule has 1 aromatic heterocycles. The lowest BCUT2D eigenvalue weighted by atomic mass is 10.3. The zero-order valence-corrected chi connectivity index (χ0v) is 19.0. The third kappa shape index (κ3) is 6.07. The highest BCUT2D eigenvalue weighted by Gasteiger charge is 2.18. The zero-order chi connectivity index (χ0) is 22.4. The number of ether oxygens (including phenoxy) is 1. The van der Waals surface area contributed by atoms with E-state index in [2.05, 4.69) is 21.5 Å². The molecule has 164 valence electrons. The predicted octanol–water partition coefficient (Wildman–Crippen LogP) is 3.78. The number of aromatic nitrogens is 3. The van der Waals surface area contributed by atoms with E-state index in [4.69, 9.17) is 16.3 Å². The van der Waals surface area contributed by atoms with Gasteiger partial charge in [-0.05, 0) is 42.5 Å². The first-order valence-corrected chi connectivity index (χ1v) is 11.9. The molecule has 0 saturated heterocycles. The molecule has 0 radical (unpaired) electrons. The van der Waals surface area contributed by atoms with Gasteiger partial charge in [-0.2, -0.15) is 0 Å². The van der Waals surface area contributed by atoms with Crippen molar-refractivity contribution >= 4 is 33.4 Å². The molecule has 0 bridgehead atoms. The first-order valence-electron chi connectivity index (χ1n) is 9.10. The van der Waals surface area contributed by atoms with Crippen LogP contribution in [0.3, 0.4) is 0 Å². The highest BCUT2D eigenvalue weighted by Crippen LogP contribution is 2.25. The fraction of sp³-hybridized carbons (Fsp3) is 0.200. The Kier molecular flexibility index (Phi) is 7.71. The van der Waals surface area contributed by atoms with Crippen molar-refractivity contribution in [2.45, 2.75) is 16.5 Å². The van der Waals surface area contributed by atoms with Crippen LogP contribution in [0, 0.1) is 5.82 Å². The fourth-order valence-corrected chi connectivity index (χ4v) is 4.65. The van der Waals surface area contributed by atoms with Gasteiger partial charge in [0.25, 0.3) is 0 Å². The summed E-state index contributed by atoms with van der Waals surface area (Å²) in [6, 6.07) is 12.1. The summed E-state index contributed by atoms with van der Waals surface area (Å²) >= 11 is 7.25. The third-order valence-electron chi connectivity index (χ3n) is 4.14. The zero-order valence-electron chi connectivity index (χ0n) is 16.6. The molecule has 0 aliphatic heterocycles. The largest absolute Gasteiger partial charge is 0.497 e. The van der Waals surface area contributed by atoms with Crippen LogP contribution >= 0.6 is 23.4 Å².